The van der Waals surface area contributed by atoms with Crippen LogP contribution in [0.2, 0.25) is 0 Å². The molecule has 20 heavy (non-hydrogen) atoms. The molecule has 2 aromatic rings. The van der Waals surface area contributed by atoms with E-state index < -0.39 is 0 Å². The molecule has 0 atom stereocenters. The van der Waals surface area contributed by atoms with E-state index in [9.17, 15) is 0 Å². The quantitative estimate of drug-likeness (QED) is 0.512. The Kier molecular flexibility index (Phi) is 4.37. The average molecular weight is 289 g/mol. The van der Waals surface area contributed by atoms with Gasteiger partial charge in [0.1, 0.15) is 11.5 Å². The van der Waals surface area contributed by atoms with Gasteiger partial charge >= 0.3 is 0 Å². The minimum atomic E-state index is 0.114. The first-order valence-corrected chi connectivity index (χ1v) is 6.29. The van der Waals surface area contributed by atoms with Crippen molar-refractivity contribution in [1.82, 2.24) is 5.43 Å². The second kappa shape index (κ2) is 6.21. The molecular weight excluding hydrogens is 274 g/mol. The number of hydrogen-bond acceptors (Lipinski definition) is 4. The summed E-state index contributed by atoms with van der Waals surface area (Å²) in [5, 5.41) is 6.07. The van der Waals surface area contributed by atoms with Gasteiger partial charge in [0.15, 0.2) is 5.11 Å². The molecule has 0 aliphatic rings. The largest absolute Gasteiger partial charge is 0.496 e. The number of benzene rings is 2. The number of nitrogens with one attached hydrogen (secondary N) is 1. The van der Waals surface area contributed by atoms with Crippen molar-refractivity contribution in [1.29, 1.82) is 0 Å². The molecule has 0 fully saturated rings. The van der Waals surface area contributed by atoms with E-state index in [1.165, 1.54) is 0 Å². The van der Waals surface area contributed by atoms with Crippen LogP contribution in [0.15, 0.2) is 35.4 Å². The monoisotopic (exact) mass is 289 g/mol. The Balaban J connectivity index is 2.50. The first-order chi connectivity index (χ1) is 9.65. The molecule has 0 unspecified atom stereocenters. The van der Waals surface area contributed by atoms with Crippen molar-refractivity contribution in [2.45, 2.75) is 0 Å². The molecule has 104 valence electrons. The lowest BCUT2D eigenvalue weighted by Gasteiger charge is -2.10. The van der Waals surface area contributed by atoms with Gasteiger partial charge in [-0.2, -0.15) is 5.10 Å². The van der Waals surface area contributed by atoms with Gasteiger partial charge in [-0.3, -0.25) is 5.43 Å². The number of nitrogens with zero attached hydrogens (tertiary/aromatic N) is 1. The average Bonchev–Trinajstić information content (AvgIpc) is 2.45. The molecule has 6 heteroatoms. The third-order valence-electron chi connectivity index (χ3n) is 2.79. The van der Waals surface area contributed by atoms with Gasteiger partial charge in [0.2, 0.25) is 0 Å². The zero-order chi connectivity index (χ0) is 14.5. The van der Waals surface area contributed by atoms with E-state index >= 15 is 0 Å². The Morgan fingerprint density at radius 1 is 1.25 bits per heavy atom. The molecule has 5 nitrogen and oxygen atoms in total. The number of rotatable bonds is 4. The summed E-state index contributed by atoms with van der Waals surface area (Å²) in [4.78, 5) is 0. The summed E-state index contributed by atoms with van der Waals surface area (Å²) < 4.78 is 10.7. The number of hydrazone groups is 1. The van der Waals surface area contributed by atoms with Gasteiger partial charge in [0.05, 0.1) is 20.4 Å². The fourth-order valence-electron chi connectivity index (χ4n) is 1.92. The van der Waals surface area contributed by atoms with Crippen LogP contribution in [0.1, 0.15) is 5.56 Å². The number of hydrogen-bond donors (Lipinski definition) is 2. The molecule has 3 N–H and O–H groups in total. The molecule has 0 spiro atoms. The van der Waals surface area contributed by atoms with Crippen molar-refractivity contribution in [2.75, 3.05) is 14.2 Å². The van der Waals surface area contributed by atoms with Crippen LogP contribution in [0.5, 0.6) is 11.5 Å². The van der Waals surface area contributed by atoms with Crippen molar-refractivity contribution >= 4 is 34.3 Å². The molecule has 0 saturated carbocycles. The summed E-state index contributed by atoms with van der Waals surface area (Å²) in [5.41, 5.74) is 8.65. The number of thiocarbonyl (C=S) groups is 1. The maximum Gasteiger partial charge on any atom is 0.184 e. The predicted molar refractivity (Wildman–Crippen MR) is 84.6 cm³/mol. The molecule has 0 radical (unpaired) electrons. The lowest BCUT2D eigenvalue weighted by atomic mass is 10.1. The van der Waals surface area contributed by atoms with Crippen LogP contribution < -0.4 is 20.6 Å². The molecule has 0 amide bonds. The van der Waals surface area contributed by atoms with Gasteiger partial charge in [0, 0.05) is 10.9 Å². The Morgan fingerprint density at radius 3 is 2.65 bits per heavy atom. The van der Waals surface area contributed by atoms with Gasteiger partial charge in [-0.05, 0) is 35.8 Å². The van der Waals surface area contributed by atoms with Gasteiger partial charge in [-0.1, -0.05) is 12.1 Å². The van der Waals surface area contributed by atoms with Crippen LogP contribution in [0.25, 0.3) is 10.8 Å². The summed E-state index contributed by atoms with van der Waals surface area (Å²) in [6, 6.07) is 9.71. The molecule has 0 bridgehead atoms. The second-order valence-electron chi connectivity index (χ2n) is 4.01. The summed E-state index contributed by atoms with van der Waals surface area (Å²) in [7, 11) is 3.25. The third-order valence-corrected chi connectivity index (χ3v) is 2.88. The smallest absolute Gasteiger partial charge is 0.184 e. The minimum Gasteiger partial charge on any atom is -0.496 e. The molecule has 0 aliphatic heterocycles. The fraction of sp³-hybridized carbons (Fsp3) is 0.143. The van der Waals surface area contributed by atoms with Crippen molar-refractivity contribution in [3.05, 3.63) is 35.9 Å². The van der Waals surface area contributed by atoms with E-state index in [-0.39, 0.29) is 5.11 Å². The van der Waals surface area contributed by atoms with E-state index in [0.29, 0.717) is 5.75 Å². The highest BCUT2D eigenvalue weighted by atomic mass is 32.1. The van der Waals surface area contributed by atoms with Gasteiger partial charge in [-0.15, -0.1) is 0 Å². The van der Waals surface area contributed by atoms with Crippen molar-refractivity contribution < 1.29 is 9.47 Å². The molecule has 0 aromatic heterocycles. The van der Waals surface area contributed by atoms with Crippen molar-refractivity contribution in [2.24, 2.45) is 10.8 Å². The zero-order valence-electron chi connectivity index (χ0n) is 11.2. The topological polar surface area (TPSA) is 68.9 Å². The highest BCUT2D eigenvalue weighted by Gasteiger charge is 2.07. The predicted octanol–water partition coefficient (Wildman–Crippen LogP) is 2.02. The number of nitrogens with two attached hydrogens (primary N) is 1. The van der Waals surface area contributed by atoms with Crippen LogP contribution in [-0.4, -0.2) is 25.5 Å². The Bertz CT molecular complexity index is 671. The normalized spacial score (nSPS) is 10.7. The number of fused-ring (bicyclic) bond motifs is 1. The Morgan fingerprint density at radius 2 is 2.00 bits per heavy atom. The van der Waals surface area contributed by atoms with Crippen LogP contribution in [0, 0.1) is 0 Å². The molecule has 2 aromatic carbocycles. The van der Waals surface area contributed by atoms with Crippen LogP contribution >= 0.6 is 12.2 Å². The van der Waals surface area contributed by atoms with E-state index in [4.69, 9.17) is 15.2 Å². The second-order valence-corrected chi connectivity index (χ2v) is 4.45. The molecule has 0 heterocycles. The lowest BCUT2D eigenvalue weighted by molar-refractivity contribution is 0.411. The van der Waals surface area contributed by atoms with Crippen LogP contribution in [-0.2, 0) is 0 Å². The minimum absolute atomic E-state index is 0.114. The van der Waals surface area contributed by atoms with Crippen molar-refractivity contribution in [3.8, 4) is 11.5 Å². The lowest BCUT2D eigenvalue weighted by Crippen LogP contribution is -2.24. The van der Waals surface area contributed by atoms with Gasteiger partial charge < -0.3 is 15.2 Å². The Labute approximate surface area is 122 Å². The summed E-state index contributed by atoms with van der Waals surface area (Å²) >= 11 is 4.69. The first-order valence-electron chi connectivity index (χ1n) is 5.89. The maximum atomic E-state index is 5.37. The standard InChI is InChI=1S/C14H15N3O2S/c1-18-12-5-3-4-9-6-10(8-16-17-14(15)20)13(19-2)7-11(9)12/h3-8H,1-2H3,(H3,15,17,20). The van der Waals surface area contributed by atoms with E-state index in [2.05, 4.69) is 22.7 Å². The molecular formula is C14H15N3O2S. The molecule has 0 aliphatic carbocycles. The summed E-state index contributed by atoms with van der Waals surface area (Å²) in [6.45, 7) is 0. The summed E-state index contributed by atoms with van der Waals surface area (Å²) in [6.07, 6.45) is 1.61. The van der Waals surface area contributed by atoms with E-state index in [1.54, 1.807) is 20.4 Å². The van der Waals surface area contributed by atoms with E-state index in [1.807, 2.05) is 30.3 Å². The zero-order valence-corrected chi connectivity index (χ0v) is 12.0. The van der Waals surface area contributed by atoms with Crippen LogP contribution in [0.3, 0.4) is 0 Å². The maximum absolute atomic E-state index is 5.37. The van der Waals surface area contributed by atoms with Crippen molar-refractivity contribution in [3.63, 3.8) is 0 Å². The fourth-order valence-corrected chi connectivity index (χ4v) is 1.97. The highest BCUT2D eigenvalue weighted by Crippen LogP contribution is 2.31. The van der Waals surface area contributed by atoms with E-state index in [0.717, 1.165) is 22.1 Å². The van der Waals surface area contributed by atoms with Gasteiger partial charge in [0.25, 0.3) is 0 Å². The Hall–Kier alpha value is -2.34. The number of ether oxygens (including phenoxy) is 2. The molecule has 0 saturated heterocycles. The third kappa shape index (κ3) is 2.97. The highest BCUT2D eigenvalue weighted by molar-refractivity contribution is 7.80. The summed E-state index contributed by atoms with van der Waals surface area (Å²) in [5.74, 6) is 1.49. The van der Waals surface area contributed by atoms with Crippen LogP contribution in [0.4, 0.5) is 0 Å². The number of methoxy groups -OCH3 is 2. The SMILES string of the molecule is COc1cc2c(OC)cccc2cc1C=NNC(N)=S. The first kappa shape index (κ1) is 14.1. The van der Waals surface area contributed by atoms with Gasteiger partial charge in [-0.25, -0.2) is 0 Å². The molecule has 2 rings (SSSR count).